The summed E-state index contributed by atoms with van der Waals surface area (Å²) in [6.07, 6.45) is 0.675. The molecular formula is C19H20N2O4. The van der Waals surface area contributed by atoms with Gasteiger partial charge >= 0.3 is 0 Å². The predicted molar refractivity (Wildman–Crippen MR) is 92.8 cm³/mol. The van der Waals surface area contributed by atoms with E-state index < -0.39 is 0 Å². The molecule has 2 N–H and O–H groups in total. The minimum Gasteiger partial charge on any atom is -0.454 e. The van der Waals surface area contributed by atoms with Crippen LogP contribution < -0.4 is 20.1 Å². The van der Waals surface area contributed by atoms with Crippen LogP contribution in [0.1, 0.15) is 21.5 Å². The second-order valence-corrected chi connectivity index (χ2v) is 5.84. The summed E-state index contributed by atoms with van der Waals surface area (Å²) in [6, 6.07) is 12.9. The minimum absolute atomic E-state index is 0.0478. The van der Waals surface area contributed by atoms with Crippen molar-refractivity contribution < 1.29 is 19.1 Å². The highest BCUT2D eigenvalue weighted by Gasteiger charge is 2.13. The molecule has 1 aliphatic heterocycles. The second-order valence-electron chi connectivity index (χ2n) is 5.84. The molecule has 1 aliphatic rings. The van der Waals surface area contributed by atoms with Crippen LogP contribution in [0.2, 0.25) is 0 Å². The number of rotatable bonds is 6. The summed E-state index contributed by atoms with van der Waals surface area (Å²) >= 11 is 0. The molecule has 0 saturated carbocycles. The number of carbonyl (C=O) groups excluding carboxylic acids is 2. The maximum atomic E-state index is 11.9. The summed E-state index contributed by atoms with van der Waals surface area (Å²) in [6.45, 7) is 2.64. The lowest BCUT2D eigenvalue weighted by Gasteiger charge is -2.08. The van der Waals surface area contributed by atoms with Gasteiger partial charge < -0.3 is 20.1 Å². The predicted octanol–water partition coefficient (Wildman–Crippen LogP) is 1.81. The van der Waals surface area contributed by atoms with Crippen LogP contribution in [0.3, 0.4) is 0 Å². The maximum Gasteiger partial charge on any atom is 0.251 e. The van der Waals surface area contributed by atoms with Gasteiger partial charge in [-0.15, -0.1) is 0 Å². The van der Waals surface area contributed by atoms with Crippen LogP contribution in [-0.2, 0) is 11.2 Å². The molecule has 2 amide bonds. The Morgan fingerprint density at radius 3 is 2.56 bits per heavy atom. The zero-order valence-corrected chi connectivity index (χ0v) is 14.0. The van der Waals surface area contributed by atoms with Crippen LogP contribution >= 0.6 is 0 Å². The average molecular weight is 340 g/mol. The number of fused-ring (bicyclic) bond motifs is 1. The summed E-state index contributed by atoms with van der Waals surface area (Å²) in [5, 5.41) is 5.40. The molecule has 6 nitrogen and oxygen atoms in total. The monoisotopic (exact) mass is 340 g/mol. The third-order valence-electron chi connectivity index (χ3n) is 3.90. The fourth-order valence-corrected chi connectivity index (χ4v) is 2.47. The van der Waals surface area contributed by atoms with E-state index in [1.165, 1.54) is 0 Å². The highest BCUT2D eigenvalue weighted by atomic mass is 16.7. The van der Waals surface area contributed by atoms with Gasteiger partial charge in [0.05, 0.1) is 6.54 Å². The van der Waals surface area contributed by atoms with Gasteiger partial charge in [0.15, 0.2) is 11.5 Å². The van der Waals surface area contributed by atoms with Crippen molar-refractivity contribution in [2.24, 2.45) is 0 Å². The van der Waals surface area contributed by atoms with E-state index in [-0.39, 0.29) is 25.2 Å². The van der Waals surface area contributed by atoms with Crippen molar-refractivity contribution in [1.29, 1.82) is 0 Å². The van der Waals surface area contributed by atoms with E-state index in [4.69, 9.17) is 9.47 Å². The van der Waals surface area contributed by atoms with Crippen LogP contribution in [0.5, 0.6) is 11.5 Å². The third kappa shape index (κ3) is 4.50. The van der Waals surface area contributed by atoms with Gasteiger partial charge in [-0.3, -0.25) is 9.59 Å². The third-order valence-corrected chi connectivity index (χ3v) is 3.90. The van der Waals surface area contributed by atoms with Gasteiger partial charge in [-0.25, -0.2) is 0 Å². The largest absolute Gasteiger partial charge is 0.454 e. The number of hydrogen-bond donors (Lipinski definition) is 2. The van der Waals surface area contributed by atoms with E-state index in [0.29, 0.717) is 18.5 Å². The molecule has 1 heterocycles. The number of benzene rings is 2. The molecule has 3 rings (SSSR count). The van der Waals surface area contributed by atoms with Crippen LogP contribution in [0.4, 0.5) is 0 Å². The Kier molecular flexibility index (Phi) is 5.18. The fraction of sp³-hybridized carbons (Fsp3) is 0.263. The molecule has 0 radical (unpaired) electrons. The van der Waals surface area contributed by atoms with Crippen molar-refractivity contribution in [2.75, 3.05) is 19.9 Å². The van der Waals surface area contributed by atoms with Gasteiger partial charge in [0, 0.05) is 12.1 Å². The van der Waals surface area contributed by atoms with Gasteiger partial charge in [-0.1, -0.05) is 23.8 Å². The first-order valence-corrected chi connectivity index (χ1v) is 8.12. The van der Waals surface area contributed by atoms with E-state index in [1.54, 1.807) is 12.1 Å². The van der Waals surface area contributed by atoms with Gasteiger partial charge in [0.1, 0.15) is 0 Å². The SMILES string of the molecule is Cc1ccc(C(=O)NCC(=O)NCCc2ccc3c(c2)OCO3)cc1. The Bertz CT molecular complexity index is 771. The van der Waals surface area contributed by atoms with E-state index in [1.807, 2.05) is 37.3 Å². The lowest BCUT2D eigenvalue weighted by atomic mass is 10.1. The van der Waals surface area contributed by atoms with E-state index >= 15 is 0 Å². The van der Waals surface area contributed by atoms with Gasteiger partial charge in [0.25, 0.3) is 5.91 Å². The van der Waals surface area contributed by atoms with E-state index in [9.17, 15) is 9.59 Å². The summed E-state index contributed by atoms with van der Waals surface area (Å²) in [5.41, 5.74) is 2.67. The molecule has 0 bridgehead atoms. The fourth-order valence-electron chi connectivity index (χ4n) is 2.47. The lowest BCUT2D eigenvalue weighted by Crippen LogP contribution is -2.37. The minimum atomic E-state index is -0.258. The Hall–Kier alpha value is -3.02. The molecule has 0 saturated heterocycles. The highest BCUT2D eigenvalue weighted by Crippen LogP contribution is 2.32. The quantitative estimate of drug-likeness (QED) is 0.841. The van der Waals surface area contributed by atoms with Crippen LogP contribution in [0.25, 0.3) is 0 Å². The zero-order valence-electron chi connectivity index (χ0n) is 14.0. The summed E-state index contributed by atoms with van der Waals surface area (Å²) in [4.78, 5) is 23.8. The molecule has 0 aromatic heterocycles. The van der Waals surface area contributed by atoms with Crippen molar-refractivity contribution in [2.45, 2.75) is 13.3 Å². The molecule has 2 aromatic carbocycles. The molecule has 0 spiro atoms. The van der Waals surface area contributed by atoms with Crippen molar-refractivity contribution in [3.05, 3.63) is 59.2 Å². The average Bonchev–Trinajstić information content (AvgIpc) is 3.08. The van der Waals surface area contributed by atoms with Gasteiger partial charge in [0.2, 0.25) is 12.7 Å². The van der Waals surface area contributed by atoms with Gasteiger partial charge in [-0.05, 0) is 43.2 Å². The Morgan fingerprint density at radius 2 is 1.76 bits per heavy atom. The lowest BCUT2D eigenvalue weighted by molar-refractivity contribution is -0.120. The van der Waals surface area contributed by atoms with Crippen molar-refractivity contribution in [1.82, 2.24) is 10.6 Å². The number of aryl methyl sites for hydroxylation is 1. The first-order valence-electron chi connectivity index (χ1n) is 8.12. The normalized spacial score (nSPS) is 11.9. The Labute approximate surface area is 146 Å². The molecule has 25 heavy (non-hydrogen) atoms. The molecule has 0 fully saturated rings. The van der Waals surface area contributed by atoms with E-state index in [2.05, 4.69) is 10.6 Å². The first kappa shape index (κ1) is 16.8. The standard InChI is InChI=1S/C19H20N2O4/c1-13-2-5-15(6-3-13)19(23)21-11-18(22)20-9-8-14-4-7-16-17(10-14)25-12-24-16/h2-7,10H,8-9,11-12H2,1H3,(H,20,22)(H,21,23). The second kappa shape index (κ2) is 7.70. The molecule has 0 unspecified atom stereocenters. The number of nitrogens with one attached hydrogen (secondary N) is 2. The Balaban J connectivity index is 1.39. The van der Waals surface area contributed by atoms with Crippen molar-refractivity contribution in [3.63, 3.8) is 0 Å². The first-order chi connectivity index (χ1) is 12.1. The number of amides is 2. The number of ether oxygens (including phenoxy) is 2. The number of carbonyl (C=O) groups is 2. The highest BCUT2D eigenvalue weighted by molar-refractivity contribution is 5.96. The molecule has 0 atom stereocenters. The van der Waals surface area contributed by atoms with Crippen LogP contribution in [0.15, 0.2) is 42.5 Å². The van der Waals surface area contributed by atoms with E-state index in [0.717, 1.165) is 22.6 Å². The molecular weight excluding hydrogens is 320 g/mol. The summed E-state index contributed by atoms with van der Waals surface area (Å²) in [5.74, 6) is 0.993. The van der Waals surface area contributed by atoms with Crippen LogP contribution in [-0.4, -0.2) is 31.7 Å². The molecule has 130 valence electrons. The summed E-state index contributed by atoms with van der Waals surface area (Å²) in [7, 11) is 0. The van der Waals surface area contributed by atoms with Crippen molar-refractivity contribution in [3.8, 4) is 11.5 Å². The number of hydrogen-bond acceptors (Lipinski definition) is 4. The van der Waals surface area contributed by atoms with Gasteiger partial charge in [-0.2, -0.15) is 0 Å². The smallest absolute Gasteiger partial charge is 0.251 e. The Morgan fingerprint density at radius 1 is 1.00 bits per heavy atom. The van der Waals surface area contributed by atoms with Crippen molar-refractivity contribution >= 4 is 11.8 Å². The molecule has 6 heteroatoms. The summed E-state index contributed by atoms with van der Waals surface area (Å²) < 4.78 is 10.6. The topological polar surface area (TPSA) is 76.7 Å². The maximum absolute atomic E-state index is 11.9. The molecule has 2 aromatic rings. The van der Waals surface area contributed by atoms with Crippen LogP contribution in [0, 0.1) is 6.92 Å². The zero-order chi connectivity index (χ0) is 17.6. The molecule has 0 aliphatic carbocycles.